The van der Waals surface area contributed by atoms with Crippen molar-refractivity contribution >= 4 is 0 Å². The molecule has 0 saturated heterocycles. The third kappa shape index (κ3) is 6.32. The van der Waals surface area contributed by atoms with E-state index in [2.05, 4.69) is 48.5 Å². The Hall–Kier alpha value is -0.980. The monoisotopic (exact) mass is 440 g/mol. The standard InChI is InChI=1S/C31H52O/c1-20(2)11-8-12-21(3)13-9-14-22(4)15-10-16-26-17-18-27-25(7)31(32)24(6)23(5)30(27)29-19-28(26)29/h20-22,26,28-29,32H,8-19H2,1-7H3/t21-,22-,26-,28?,29?/m1/s1. The van der Waals surface area contributed by atoms with Crippen molar-refractivity contribution in [3.05, 3.63) is 27.8 Å². The molecule has 1 aromatic rings. The molecule has 32 heavy (non-hydrogen) atoms. The van der Waals surface area contributed by atoms with Crippen LogP contribution in [0.25, 0.3) is 0 Å². The van der Waals surface area contributed by atoms with Gasteiger partial charge >= 0.3 is 0 Å². The first-order valence-electron chi connectivity index (χ1n) is 14.0. The second-order valence-electron chi connectivity index (χ2n) is 12.3. The van der Waals surface area contributed by atoms with Gasteiger partial charge in [-0.3, -0.25) is 0 Å². The van der Waals surface area contributed by atoms with Gasteiger partial charge in [-0.05, 0) is 103 Å². The van der Waals surface area contributed by atoms with Gasteiger partial charge in [0.15, 0.2) is 0 Å². The molecule has 3 rings (SSSR count). The first kappa shape index (κ1) is 25.6. The van der Waals surface area contributed by atoms with Crippen LogP contribution in [-0.2, 0) is 6.42 Å². The SMILES string of the molecule is Cc1c(C)c2c(c(C)c1O)CC[C@@H](CCC[C@H](C)CCC[C@H](C)CCCC(C)C)C1CC21. The summed E-state index contributed by atoms with van der Waals surface area (Å²) < 4.78 is 0. The molecule has 0 spiro atoms. The summed E-state index contributed by atoms with van der Waals surface area (Å²) in [6, 6.07) is 0. The van der Waals surface area contributed by atoms with Crippen LogP contribution in [0.1, 0.15) is 132 Å². The molecule has 2 aliphatic rings. The summed E-state index contributed by atoms with van der Waals surface area (Å²) in [6.07, 6.45) is 16.7. The minimum atomic E-state index is 0.556. The Bertz CT molecular complexity index is 746. The lowest BCUT2D eigenvalue weighted by molar-refractivity contribution is 0.348. The van der Waals surface area contributed by atoms with Crippen LogP contribution < -0.4 is 0 Å². The minimum Gasteiger partial charge on any atom is -0.507 e. The largest absolute Gasteiger partial charge is 0.507 e. The van der Waals surface area contributed by atoms with E-state index in [-0.39, 0.29) is 0 Å². The van der Waals surface area contributed by atoms with Gasteiger partial charge in [0.1, 0.15) is 5.75 Å². The number of fused-ring (bicyclic) bond motifs is 3. The quantitative estimate of drug-likeness (QED) is 0.343. The zero-order chi connectivity index (χ0) is 23.4. The summed E-state index contributed by atoms with van der Waals surface area (Å²) in [5, 5.41) is 10.6. The van der Waals surface area contributed by atoms with Crippen LogP contribution in [0.5, 0.6) is 5.75 Å². The molecule has 0 aliphatic heterocycles. The maximum absolute atomic E-state index is 10.6. The van der Waals surface area contributed by atoms with Crippen LogP contribution in [0.2, 0.25) is 0 Å². The number of aromatic hydroxyl groups is 1. The third-order valence-corrected chi connectivity index (χ3v) is 9.18. The molecule has 0 heterocycles. The smallest absolute Gasteiger partial charge is 0.121 e. The second kappa shape index (κ2) is 11.4. The van der Waals surface area contributed by atoms with E-state index < -0.39 is 0 Å². The van der Waals surface area contributed by atoms with Gasteiger partial charge < -0.3 is 5.11 Å². The van der Waals surface area contributed by atoms with E-state index in [1.807, 2.05) is 0 Å². The number of phenolic OH excluding ortho intramolecular Hbond substituents is 1. The molecule has 1 fully saturated rings. The molecule has 1 saturated carbocycles. The van der Waals surface area contributed by atoms with Crippen LogP contribution in [0.4, 0.5) is 0 Å². The van der Waals surface area contributed by atoms with E-state index in [1.165, 1.54) is 93.7 Å². The van der Waals surface area contributed by atoms with Gasteiger partial charge in [0, 0.05) is 0 Å². The van der Waals surface area contributed by atoms with Crippen LogP contribution in [0, 0.1) is 50.4 Å². The van der Waals surface area contributed by atoms with Crippen molar-refractivity contribution in [3.8, 4) is 5.75 Å². The van der Waals surface area contributed by atoms with Gasteiger partial charge in [-0.2, -0.15) is 0 Å². The number of rotatable bonds is 12. The molecule has 5 atom stereocenters. The van der Waals surface area contributed by atoms with E-state index in [9.17, 15) is 5.11 Å². The summed E-state index contributed by atoms with van der Waals surface area (Å²) in [7, 11) is 0. The molecule has 0 aromatic heterocycles. The number of phenols is 1. The Morgan fingerprint density at radius 3 is 2.00 bits per heavy atom. The molecular formula is C31H52O. The topological polar surface area (TPSA) is 20.2 Å². The fraction of sp³-hybridized carbons (Fsp3) is 0.806. The van der Waals surface area contributed by atoms with Crippen molar-refractivity contribution in [2.24, 2.45) is 29.6 Å². The first-order chi connectivity index (χ1) is 15.2. The van der Waals surface area contributed by atoms with Gasteiger partial charge in [0.25, 0.3) is 0 Å². The van der Waals surface area contributed by atoms with Gasteiger partial charge in [0.05, 0.1) is 0 Å². The van der Waals surface area contributed by atoms with E-state index in [1.54, 1.807) is 5.56 Å². The normalized spacial score (nSPS) is 24.1. The lowest BCUT2D eigenvalue weighted by Gasteiger charge is -2.19. The fourth-order valence-electron chi connectivity index (χ4n) is 6.73. The van der Waals surface area contributed by atoms with Crippen LogP contribution in [-0.4, -0.2) is 5.11 Å². The molecule has 1 nitrogen and oxygen atoms in total. The fourth-order valence-corrected chi connectivity index (χ4v) is 6.73. The highest BCUT2D eigenvalue weighted by Crippen LogP contribution is 2.59. The molecular weight excluding hydrogens is 388 g/mol. The number of benzene rings is 1. The Kier molecular flexibility index (Phi) is 9.16. The van der Waals surface area contributed by atoms with Crippen molar-refractivity contribution in [3.63, 3.8) is 0 Å². The predicted molar refractivity (Wildman–Crippen MR) is 140 cm³/mol. The van der Waals surface area contributed by atoms with Crippen molar-refractivity contribution in [1.29, 1.82) is 0 Å². The van der Waals surface area contributed by atoms with Gasteiger partial charge in [0.2, 0.25) is 0 Å². The summed E-state index contributed by atoms with van der Waals surface area (Å²) >= 11 is 0. The molecule has 1 aromatic carbocycles. The maximum atomic E-state index is 10.6. The van der Waals surface area contributed by atoms with Crippen molar-refractivity contribution in [2.75, 3.05) is 0 Å². The van der Waals surface area contributed by atoms with Gasteiger partial charge in [-0.1, -0.05) is 85.5 Å². The second-order valence-corrected chi connectivity index (χ2v) is 12.3. The van der Waals surface area contributed by atoms with Crippen molar-refractivity contribution in [1.82, 2.24) is 0 Å². The third-order valence-electron chi connectivity index (χ3n) is 9.18. The molecule has 0 radical (unpaired) electrons. The van der Waals surface area contributed by atoms with Crippen LogP contribution in [0.15, 0.2) is 0 Å². The molecule has 0 amide bonds. The first-order valence-corrected chi connectivity index (χ1v) is 14.0. The lowest BCUT2D eigenvalue weighted by atomic mass is 9.87. The average Bonchev–Trinajstić information content (AvgIpc) is 3.52. The molecule has 1 heteroatoms. The van der Waals surface area contributed by atoms with Crippen LogP contribution >= 0.6 is 0 Å². The molecule has 1 N–H and O–H groups in total. The molecule has 2 aliphatic carbocycles. The summed E-state index contributed by atoms with van der Waals surface area (Å²) in [4.78, 5) is 0. The highest BCUT2D eigenvalue weighted by molar-refractivity contribution is 5.56. The van der Waals surface area contributed by atoms with Gasteiger partial charge in [-0.15, -0.1) is 0 Å². The maximum Gasteiger partial charge on any atom is 0.121 e. The average molecular weight is 441 g/mol. The molecule has 182 valence electrons. The van der Waals surface area contributed by atoms with Gasteiger partial charge in [-0.25, -0.2) is 0 Å². The Morgan fingerprint density at radius 1 is 0.781 bits per heavy atom. The Balaban J connectivity index is 1.39. The van der Waals surface area contributed by atoms with E-state index in [4.69, 9.17) is 0 Å². The summed E-state index contributed by atoms with van der Waals surface area (Å²) in [5.41, 5.74) is 6.79. The Morgan fingerprint density at radius 2 is 1.38 bits per heavy atom. The number of hydrogen-bond donors (Lipinski definition) is 1. The zero-order valence-corrected chi connectivity index (χ0v) is 22.4. The highest BCUT2D eigenvalue weighted by Gasteiger charge is 2.47. The molecule has 0 bridgehead atoms. The number of hydrogen-bond acceptors (Lipinski definition) is 1. The minimum absolute atomic E-state index is 0.556. The molecule has 2 unspecified atom stereocenters. The predicted octanol–water partition coefficient (Wildman–Crippen LogP) is 9.42. The van der Waals surface area contributed by atoms with E-state index in [0.29, 0.717) is 5.75 Å². The van der Waals surface area contributed by atoms with E-state index in [0.717, 1.165) is 41.1 Å². The lowest BCUT2D eigenvalue weighted by Crippen LogP contribution is -2.06. The summed E-state index contributed by atoms with van der Waals surface area (Å²) in [6.45, 7) is 16.1. The van der Waals surface area contributed by atoms with Crippen LogP contribution in [0.3, 0.4) is 0 Å². The van der Waals surface area contributed by atoms with Crippen molar-refractivity contribution < 1.29 is 5.11 Å². The van der Waals surface area contributed by atoms with E-state index >= 15 is 0 Å². The Labute approximate surface area is 199 Å². The summed E-state index contributed by atoms with van der Waals surface area (Å²) in [5.74, 6) is 5.82. The van der Waals surface area contributed by atoms with Crippen molar-refractivity contribution in [2.45, 2.75) is 131 Å². The zero-order valence-electron chi connectivity index (χ0n) is 22.4. The highest BCUT2D eigenvalue weighted by atomic mass is 16.3.